The second-order valence-corrected chi connectivity index (χ2v) is 4.40. The van der Waals surface area contributed by atoms with Gasteiger partial charge < -0.3 is 14.5 Å². The summed E-state index contributed by atoms with van der Waals surface area (Å²) in [5, 5.41) is 0. The molecule has 0 aliphatic heterocycles. The van der Waals surface area contributed by atoms with Gasteiger partial charge in [-0.2, -0.15) is 0 Å². The molecule has 0 bridgehead atoms. The Bertz CT molecular complexity index is 241. The first kappa shape index (κ1) is 12.5. The molecule has 0 heterocycles. The molecule has 0 aromatic carbocycles. The fraction of sp³-hybridized carbons (Fsp3) is 0.571. The van der Waals surface area contributed by atoms with Crippen LogP contribution in [0.2, 0.25) is 0 Å². The summed E-state index contributed by atoms with van der Waals surface area (Å²) in [4.78, 5) is 27.6. The van der Waals surface area contributed by atoms with Crippen molar-refractivity contribution in [1.82, 2.24) is 0 Å². The number of allylic oxidation sites excluding steroid dienone is 1. The Hall–Kier alpha value is -0.480. The molecule has 0 aliphatic carbocycles. The molecule has 0 aliphatic rings. The third kappa shape index (κ3) is 9.43. The summed E-state index contributed by atoms with van der Waals surface area (Å²) >= 11 is 0. The van der Waals surface area contributed by atoms with Gasteiger partial charge in [0.15, 0.2) is 5.78 Å². The maximum atomic E-state index is 10.9. The van der Waals surface area contributed by atoms with Crippen molar-refractivity contribution in [2.75, 3.05) is 13.0 Å². The Morgan fingerprint density at radius 1 is 1.54 bits per heavy atom. The molecule has 0 amide bonds. The SMILES string of the molecule is C=C(C)CC(=O)COCP(=O)(O)O. The van der Waals surface area contributed by atoms with Crippen LogP contribution in [0.25, 0.3) is 0 Å². The highest BCUT2D eigenvalue weighted by Crippen LogP contribution is 2.33. The van der Waals surface area contributed by atoms with Crippen LogP contribution in [0.3, 0.4) is 0 Å². The lowest BCUT2D eigenvalue weighted by Crippen LogP contribution is -2.09. The summed E-state index contributed by atoms with van der Waals surface area (Å²) in [6.45, 7) is 4.94. The zero-order valence-electron chi connectivity index (χ0n) is 7.39. The summed E-state index contributed by atoms with van der Waals surface area (Å²) in [5.41, 5.74) is 0.699. The van der Waals surface area contributed by atoms with Gasteiger partial charge in [-0.1, -0.05) is 12.2 Å². The average molecular weight is 208 g/mol. The smallest absolute Gasteiger partial charge is 0.350 e. The lowest BCUT2D eigenvalue weighted by atomic mass is 10.2. The molecule has 0 fully saturated rings. The van der Waals surface area contributed by atoms with E-state index in [0.717, 1.165) is 0 Å². The lowest BCUT2D eigenvalue weighted by molar-refractivity contribution is -0.122. The first-order chi connectivity index (χ1) is 5.81. The lowest BCUT2D eigenvalue weighted by Gasteiger charge is -2.04. The van der Waals surface area contributed by atoms with E-state index in [4.69, 9.17) is 9.79 Å². The molecule has 0 spiro atoms. The highest BCUT2D eigenvalue weighted by Gasteiger charge is 2.13. The molecule has 0 aromatic heterocycles. The van der Waals surface area contributed by atoms with E-state index >= 15 is 0 Å². The number of carbonyl (C=O) groups excluding carboxylic acids is 1. The van der Waals surface area contributed by atoms with Crippen molar-refractivity contribution < 1.29 is 23.9 Å². The summed E-state index contributed by atoms with van der Waals surface area (Å²) in [6.07, 6.45) is -0.532. The zero-order valence-corrected chi connectivity index (χ0v) is 8.29. The molecule has 0 aromatic rings. The molecule has 76 valence electrons. The molecule has 0 rings (SSSR count). The van der Waals surface area contributed by atoms with Crippen molar-refractivity contribution >= 4 is 13.4 Å². The number of hydrogen-bond donors (Lipinski definition) is 2. The quantitative estimate of drug-likeness (QED) is 0.495. The highest BCUT2D eigenvalue weighted by atomic mass is 31.2. The summed E-state index contributed by atoms with van der Waals surface area (Å²) in [5.74, 6) is -0.235. The fourth-order valence-corrected chi connectivity index (χ4v) is 0.995. The molecule has 0 radical (unpaired) electrons. The first-order valence-electron chi connectivity index (χ1n) is 3.59. The van der Waals surface area contributed by atoms with Crippen LogP contribution in [-0.4, -0.2) is 28.5 Å². The van der Waals surface area contributed by atoms with E-state index in [1.165, 1.54) is 0 Å². The van der Waals surface area contributed by atoms with Gasteiger partial charge in [0.05, 0.1) is 0 Å². The summed E-state index contributed by atoms with van der Waals surface area (Å²) in [7, 11) is -4.15. The largest absolute Gasteiger partial charge is 0.361 e. The normalized spacial score (nSPS) is 11.3. The molecule has 0 saturated heterocycles. The van der Waals surface area contributed by atoms with Crippen LogP contribution < -0.4 is 0 Å². The molecule has 13 heavy (non-hydrogen) atoms. The van der Waals surface area contributed by atoms with E-state index in [9.17, 15) is 9.36 Å². The second kappa shape index (κ2) is 5.29. The molecule has 0 unspecified atom stereocenters. The summed E-state index contributed by atoms with van der Waals surface area (Å²) in [6, 6.07) is 0. The monoisotopic (exact) mass is 208 g/mol. The molecule has 0 saturated carbocycles. The number of carbonyl (C=O) groups is 1. The maximum Gasteiger partial charge on any atom is 0.350 e. The molecule has 5 nitrogen and oxygen atoms in total. The molecular formula is C7H13O5P. The van der Waals surface area contributed by atoms with Crippen molar-refractivity contribution in [2.45, 2.75) is 13.3 Å². The Labute approximate surface area is 76.6 Å². The van der Waals surface area contributed by atoms with Crippen molar-refractivity contribution in [3.8, 4) is 0 Å². The predicted octanol–water partition coefficient (Wildman–Crippen LogP) is 0.673. The van der Waals surface area contributed by atoms with Gasteiger partial charge in [0.25, 0.3) is 0 Å². The van der Waals surface area contributed by atoms with E-state index in [1.807, 2.05) is 0 Å². The predicted molar refractivity (Wildman–Crippen MR) is 47.3 cm³/mol. The van der Waals surface area contributed by atoms with Crippen molar-refractivity contribution in [3.63, 3.8) is 0 Å². The zero-order chi connectivity index (χ0) is 10.5. The Balaban J connectivity index is 3.60. The third-order valence-electron chi connectivity index (χ3n) is 1.02. The highest BCUT2D eigenvalue weighted by molar-refractivity contribution is 7.51. The van der Waals surface area contributed by atoms with E-state index < -0.39 is 13.9 Å². The van der Waals surface area contributed by atoms with Crippen LogP contribution in [0.1, 0.15) is 13.3 Å². The minimum Gasteiger partial charge on any atom is -0.361 e. The van der Waals surface area contributed by atoms with Gasteiger partial charge >= 0.3 is 7.60 Å². The third-order valence-corrected chi connectivity index (χ3v) is 1.54. The molecular weight excluding hydrogens is 195 g/mol. The van der Waals surface area contributed by atoms with E-state index in [-0.39, 0.29) is 18.8 Å². The van der Waals surface area contributed by atoms with Crippen molar-refractivity contribution in [3.05, 3.63) is 12.2 Å². The van der Waals surface area contributed by atoms with Gasteiger partial charge in [-0.15, -0.1) is 0 Å². The number of ketones is 1. The van der Waals surface area contributed by atoms with Crippen molar-refractivity contribution in [1.29, 1.82) is 0 Å². The van der Waals surface area contributed by atoms with Gasteiger partial charge in [-0.05, 0) is 6.92 Å². The Morgan fingerprint density at radius 3 is 2.46 bits per heavy atom. The van der Waals surface area contributed by atoms with Crippen LogP contribution in [0.15, 0.2) is 12.2 Å². The van der Waals surface area contributed by atoms with E-state index in [0.29, 0.717) is 5.57 Å². The molecule has 0 atom stereocenters. The van der Waals surface area contributed by atoms with Crippen LogP contribution >= 0.6 is 7.60 Å². The Morgan fingerprint density at radius 2 is 2.08 bits per heavy atom. The van der Waals surface area contributed by atoms with Crippen LogP contribution in [0, 0.1) is 0 Å². The van der Waals surface area contributed by atoms with Gasteiger partial charge in [0.2, 0.25) is 0 Å². The molecule has 2 N–H and O–H groups in total. The van der Waals surface area contributed by atoms with Crippen LogP contribution in [0.5, 0.6) is 0 Å². The number of ether oxygens (including phenoxy) is 1. The minimum absolute atomic E-state index is 0.182. The topological polar surface area (TPSA) is 83.8 Å². The second-order valence-electron chi connectivity index (χ2n) is 2.81. The van der Waals surface area contributed by atoms with E-state index in [2.05, 4.69) is 11.3 Å². The standard InChI is InChI=1S/C7H13O5P/c1-6(2)3-7(8)4-12-5-13(9,10)11/h1,3-5H2,2H3,(H2,9,10,11). The molecule has 6 heteroatoms. The van der Waals surface area contributed by atoms with Crippen LogP contribution in [0.4, 0.5) is 0 Å². The maximum absolute atomic E-state index is 10.9. The average Bonchev–Trinajstić information content (AvgIpc) is 1.81. The van der Waals surface area contributed by atoms with Crippen LogP contribution in [-0.2, 0) is 14.1 Å². The minimum atomic E-state index is -4.15. The number of Topliss-reactive ketones (excluding diaryl/α,β-unsaturated/α-hetero) is 1. The fourth-order valence-electron chi connectivity index (χ4n) is 0.666. The van der Waals surface area contributed by atoms with Gasteiger partial charge in [-0.25, -0.2) is 0 Å². The van der Waals surface area contributed by atoms with Gasteiger partial charge in [0.1, 0.15) is 13.0 Å². The van der Waals surface area contributed by atoms with E-state index in [1.54, 1.807) is 6.92 Å². The van der Waals surface area contributed by atoms with Crippen molar-refractivity contribution in [2.24, 2.45) is 0 Å². The van der Waals surface area contributed by atoms with Gasteiger partial charge in [-0.3, -0.25) is 9.36 Å². The number of hydrogen-bond acceptors (Lipinski definition) is 3. The van der Waals surface area contributed by atoms with Gasteiger partial charge in [0, 0.05) is 6.42 Å². The summed E-state index contributed by atoms with van der Waals surface area (Å²) < 4.78 is 14.8. The first-order valence-corrected chi connectivity index (χ1v) is 5.39. The number of rotatable bonds is 6. The Kier molecular flexibility index (Phi) is 5.10.